The van der Waals surface area contributed by atoms with Crippen molar-refractivity contribution in [2.24, 2.45) is 0 Å². The molecule has 0 bridgehead atoms. The van der Waals surface area contributed by atoms with Gasteiger partial charge in [-0.15, -0.1) is 0 Å². The Kier molecular flexibility index (Phi) is 4.77. The van der Waals surface area contributed by atoms with E-state index in [1.54, 1.807) is 12.1 Å². The van der Waals surface area contributed by atoms with Gasteiger partial charge in [-0.1, -0.05) is 12.1 Å². The molecule has 1 aliphatic heterocycles. The first-order chi connectivity index (χ1) is 9.46. The van der Waals surface area contributed by atoms with Gasteiger partial charge in [-0.3, -0.25) is 0 Å². The van der Waals surface area contributed by atoms with Gasteiger partial charge in [0.15, 0.2) is 9.84 Å². The van der Waals surface area contributed by atoms with Crippen LogP contribution in [0, 0.1) is 0 Å². The molecule has 1 fully saturated rings. The maximum Gasteiger partial charge on any atom is 0.335 e. The number of nitrogens with zero attached hydrogens (tertiary/aromatic N) is 1. The summed E-state index contributed by atoms with van der Waals surface area (Å²) >= 11 is 0. The number of carboxylic acids is 1. The number of likely N-dealkylation sites (tertiary alicyclic amines) is 1. The lowest BCUT2D eigenvalue weighted by molar-refractivity contribution is 0.0696. The van der Waals surface area contributed by atoms with Crippen LogP contribution in [0.4, 0.5) is 0 Å². The molecule has 0 saturated carbocycles. The quantitative estimate of drug-likeness (QED) is 0.859. The Balaban J connectivity index is 1.96. The van der Waals surface area contributed by atoms with Crippen LogP contribution in [0.25, 0.3) is 0 Å². The molecule has 0 amide bonds. The number of sulfone groups is 1. The van der Waals surface area contributed by atoms with Crippen molar-refractivity contribution < 1.29 is 18.3 Å². The summed E-state index contributed by atoms with van der Waals surface area (Å²) in [7, 11) is -3.20. The Labute approximate surface area is 119 Å². The minimum Gasteiger partial charge on any atom is -0.478 e. The molecule has 0 radical (unpaired) electrons. The number of carboxylic acid groups (broad SMARTS) is 1. The summed E-state index contributed by atoms with van der Waals surface area (Å²) in [4.78, 5) is 13.0. The van der Waals surface area contributed by atoms with Gasteiger partial charge in [0, 0.05) is 6.54 Å². The van der Waals surface area contributed by atoms with E-state index in [2.05, 4.69) is 4.90 Å². The van der Waals surface area contributed by atoms with Crippen LogP contribution < -0.4 is 0 Å². The molecule has 0 aliphatic carbocycles. The fourth-order valence-electron chi connectivity index (χ4n) is 2.39. The highest BCUT2D eigenvalue weighted by Crippen LogP contribution is 2.12. The second-order valence-corrected chi connectivity index (χ2v) is 7.33. The summed E-state index contributed by atoms with van der Waals surface area (Å²) in [5.74, 6) is -1.01. The zero-order chi connectivity index (χ0) is 14.6. The molecule has 0 atom stereocenters. The van der Waals surface area contributed by atoms with Gasteiger partial charge in [-0.05, 0) is 43.6 Å². The summed E-state index contributed by atoms with van der Waals surface area (Å²) in [6.45, 7) is 2.52. The van der Waals surface area contributed by atoms with Crippen LogP contribution in [0.1, 0.15) is 28.8 Å². The largest absolute Gasteiger partial charge is 0.478 e. The van der Waals surface area contributed by atoms with Crippen LogP contribution in [0.3, 0.4) is 0 Å². The van der Waals surface area contributed by atoms with E-state index in [4.69, 9.17) is 5.11 Å². The average Bonchev–Trinajstić information content (AvgIpc) is 2.89. The number of hydrogen-bond donors (Lipinski definition) is 1. The van der Waals surface area contributed by atoms with Crippen molar-refractivity contribution in [3.8, 4) is 0 Å². The van der Waals surface area contributed by atoms with Crippen molar-refractivity contribution in [2.75, 3.05) is 25.4 Å². The van der Waals surface area contributed by atoms with Gasteiger partial charge >= 0.3 is 5.97 Å². The van der Waals surface area contributed by atoms with E-state index < -0.39 is 15.8 Å². The van der Waals surface area contributed by atoms with Gasteiger partial charge in [0.2, 0.25) is 0 Å². The standard InChI is InChI=1S/C14H19NO4S/c16-14(17)13-5-3-4-12(10-13)11-20(18,19)9-8-15-6-1-2-7-15/h3-5,10H,1-2,6-9,11H2,(H,16,17). The summed E-state index contributed by atoms with van der Waals surface area (Å²) in [6, 6.07) is 6.12. The summed E-state index contributed by atoms with van der Waals surface area (Å²) in [5, 5.41) is 8.90. The lowest BCUT2D eigenvalue weighted by Gasteiger charge is -2.14. The molecule has 1 N–H and O–H groups in total. The molecule has 1 aromatic rings. The third-order valence-corrected chi connectivity index (χ3v) is 5.06. The minimum atomic E-state index is -3.20. The van der Waals surface area contributed by atoms with Crippen LogP contribution in [0.5, 0.6) is 0 Å². The molecule has 110 valence electrons. The Hall–Kier alpha value is -1.40. The Morgan fingerprint density at radius 2 is 1.95 bits per heavy atom. The van der Waals surface area contributed by atoms with Crippen molar-refractivity contribution in [1.29, 1.82) is 0 Å². The van der Waals surface area contributed by atoms with Gasteiger partial charge in [-0.2, -0.15) is 0 Å². The van der Waals surface area contributed by atoms with Crippen molar-refractivity contribution in [1.82, 2.24) is 4.90 Å². The molecule has 1 aromatic carbocycles. The molecule has 6 heteroatoms. The van der Waals surface area contributed by atoms with Crippen LogP contribution >= 0.6 is 0 Å². The van der Waals surface area contributed by atoms with Crippen LogP contribution in [-0.4, -0.2) is 49.8 Å². The maximum atomic E-state index is 12.1. The van der Waals surface area contributed by atoms with Crippen molar-refractivity contribution >= 4 is 15.8 Å². The Morgan fingerprint density at radius 1 is 1.25 bits per heavy atom. The fourth-order valence-corrected chi connectivity index (χ4v) is 3.76. The summed E-state index contributed by atoms with van der Waals surface area (Å²) in [5.41, 5.74) is 0.656. The third kappa shape index (κ3) is 4.31. The average molecular weight is 297 g/mol. The lowest BCUT2D eigenvalue weighted by Crippen LogP contribution is -2.27. The highest BCUT2D eigenvalue weighted by molar-refractivity contribution is 7.90. The van der Waals surface area contributed by atoms with Crippen LogP contribution in [0.15, 0.2) is 24.3 Å². The van der Waals surface area contributed by atoms with Crippen molar-refractivity contribution in [2.45, 2.75) is 18.6 Å². The van der Waals surface area contributed by atoms with E-state index >= 15 is 0 Å². The molecule has 20 heavy (non-hydrogen) atoms. The number of aromatic carboxylic acids is 1. The van der Waals surface area contributed by atoms with Gasteiger partial charge in [0.25, 0.3) is 0 Å². The molecule has 1 heterocycles. The fraction of sp³-hybridized carbons (Fsp3) is 0.500. The second-order valence-electron chi connectivity index (χ2n) is 5.15. The van der Waals surface area contributed by atoms with E-state index in [1.165, 1.54) is 12.1 Å². The number of hydrogen-bond acceptors (Lipinski definition) is 4. The van der Waals surface area contributed by atoms with Gasteiger partial charge in [-0.25, -0.2) is 13.2 Å². The van der Waals surface area contributed by atoms with Crippen LogP contribution in [0.2, 0.25) is 0 Å². The normalized spacial score (nSPS) is 16.4. The van der Waals surface area contributed by atoms with Gasteiger partial charge < -0.3 is 10.0 Å². The third-order valence-electron chi connectivity index (χ3n) is 3.48. The monoisotopic (exact) mass is 297 g/mol. The van der Waals surface area contributed by atoms with Gasteiger partial charge in [0.1, 0.15) is 0 Å². The Morgan fingerprint density at radius 3 is 2.60 bits per heavy atom. The zero-order valence-corrected chi connectivity index (χ0v) is 12.1. The molecular weight excluding hydrogens is 278 g/mol. The lowest BCUT2D eigenvalue weighted by atomic mass is 10.1. The van der Waals surface area contributed by atoms with E-state index in [-0.39, 0.29) is 17.1 Å². The second kappa shape index (κ2) is 6.37. The van der Waals surface area contributed by atoms with E-state index in [9.17, 15) is 13.2 Å². The Bertz CT molecular complexity index is 577. The van der Waals surface area contributed by atoms with Crippen molar-refractivity contribution in [3.63, 3.8) is 0 Å². The molecule has 1 aliphatic rings. The number of benzene rings is 1. The van der Waals surface area contributed by atoms with E-state index in [1.807, 2.05) is 0 Å². The SMILES string of the molecule is O=C(O)c1cccc(CS(=O)(=O)CCN2CCCC2)c1. The maximum absolute atomic E-state index is 12.1. The van der Waals surface area contributed by atoms with Crippen molar-refractivity contribution in [3.05, 3.63) is 35.4 Å². The van der Waals surface area contributed by atoms with E-state index in [0.717, 1.165) is 25.9 Å². The first kappa shape index (κ1) is 15.0. The topological polar surface area (TPSA) is 74.7 Å². The molecule has 5 nitrogen and oxygen atoms in total. The smallest absolute Gasteiger partial charge is 0.335 e. The summed E-state index contributed by atoms with van der Waals surface area (Å²) < 4.78 is 24.1. The minimum absolute atomic E-state index is 0.0953. The number of rotatable bonds is 6. The molecule has 0 aromatic heterocycles. The highest BCUT2D eigenvalue weighted by atomic mass is 32.2. The molecule has 1 saturated heterocycles. The zero-order valence-electron chi connectivity index (χ0n) is 11.3. The predicted molar refractivity (Wildman–Crippen MR) is 76.6 cm³/mol. The highest BCUT2D eigenvalue weighted by Gasteiger charge is 2.17. The van der Waals surface area contributed by atoms with E-state index in [0.29, 0.717) is 12.1 Å². The summed E-state index contributed by atoms with van der Waals surface area (Å²) in [6.07, 6.45) is 2.28. The first-order valence-corrected chi connectivity index (χ1v) is 8.53. The predicted octanol–water partition coefficient (Wildman–Crippen LogP) is 1.40. The van der Waals surface area contributed by atoms with Crippen LogP contribution in [-0.2, 0) is 15.6 Å². The van der Waals surface area contributed by atoms with Gasteiger partial charge in [0.05, 0.1) is 17.1 Å². The number of carbonyl (C=O) groups is 1. The molecule has 0 unspecified atom stereocenters. The first-order valence-electron chi connectivity index (χ1n) is 6.71. The molecule has 2 rings (SSSR count). The molecular formula is C14H19NO4S. The molecule has 0 spiro atoms.